The molecule has 0 fully saturated rings. The summed E-state index contributed by atoms with van der Waals surface area (Å²) >= 11 is 3.48. The number of aromatic nitrogens is 2. The van der Waals surface area contributed by atoms with Crippen molar-refractivity contribution < 1.29 is 14.3 Å². The van der Waals surface area contributed by atoms with Crippen LogP contribution in [0.2, 0.25) is 0 Å². The maximum atomic E-state index is 13.1. The molecule has 0 bridgehead atoms. The van der Waals surface area contributed by atoms with Gasteiger partial charge in [0.2, 0.25) is 0 Å². The number of hydrogen-bond donors (Lipinski definition) is 1. The Kier molecular flexibility index (Phi) is 6.97. The van der Waals surface area contributed by atoms with Gasteiger partial charge in [-0.05, 0) is 27.4 Å². The van der Waals surface area contributed by atoms with Gasteiger partial charge in [0.15, 0.2) is 5.69 Å². The number of nitrogens with one attached hydrogen (secondary N) is 1. The zero-order valence-corrected chi connectivity index (χ0v) is 17.0. The van der Waals surface area contributed by atoms with Crippen molar-refractivity contribution in [3.8, 4) is 0 Å². The normalized spacial score (nSPS) is 12.1. The summed E-state index contributed by atoms with van der Waals surface area (Å²) in [5, 5.41) is 7.12. The number of amides is 1. The van der Waals surface area contributed by atoms with E-state index in [2.05, 4.69) is 26.1 Å². The third-order valence-corrected chi connectivity index (χ3v) is 4.92. The molecule has 6 nitrogen and oxygen atoms in total. The molecule has 0 radical (unpaired) electrons. The van der Waals surface area contributed by atoms with Gasteiger partial charge < -0.3 is 9.64 Å². The van der Waals surface area contributed by atoms with Crippen LogP contribution in [-0.2, 0) is 16.1 Å². The summed E-state index contributed by atoms with van der Waals surface area (Å²) < 4.78 is 5.47. The minimum atomic E-state index is -0.435. The third kappa shape index (κ3) is 4.72. The maximum absolute atomic E-state index is 13.1. The maximum Gasteiger partial charge on any atom is 0.310 e. The summed E-state index contributed by atoms with van der Waals surface area (Å²) in [4.78, 5) is 26.6. The van der Waals surface area contributed by atoms with Crippen molar-refractivity contribution in [2.75, 3.05) is 13.7 Å². The SMILES string of the molecule is COC(=O)C(C)CN(Cc1ccccc1)C(=O)c1n[nH]c(C(C)C)c1Br. The Morgan fingerprint density at radius 1 is 1.23 bits per heavy atom. The third-order valence-electron chi connectivity index (χ3n) is 4.11. The van der Waals surface area contributed by atoms with E-state index in [1.165, 1.54) is 7.11 Å². The molecule has 1 aromatic heterocycles. The molecule has 2 rings (SSSR count). The van der Waals surface area contributed by atoms with Gasteiger partial charge in [0.05, 0.1) is 23.2 Å². The van der Waals surface area contributed by atoms with Crippen molar-refractivity contribution in [1.29, 1.82) is 0 Å². The number of aromatic amines is 1. The molecule has 0 saturated carbocycles. The molecule has 1 aromatic carbocycles. The van der Waals surface area contributed by atoms with Crippen LogP contribution in [-0.4, -0.2) is 40.6 Å². The Morgan fingerprint density at radius 2 is 1.88 bits per heavy atom. The van der Waals surface area contributed by atoms with Gasteiger partial charge in [0.1, 0.15) is 0 Å². The number of esters is 1. The number of hydrogen-bond acceptors (Lipinski definition) is 4. The highest BCUT2D eigenvalue weighted by molar-refractivity contribution is 9.10. The van der Waals surface area contributed by atoms with Crippen molar-refractivity contribution in [3.63, 3.8) is 0 Å². The topological polar surface area (TPSA) is 75.3 Å². The van der Waals surface area contributed by atoms with E-state index in [9.17, 15) is 9.59 Å². The monoisotopic (exact) mass is 421 g/mol. The summed E-state index contributed by atoms with van der Waals surface area (Å²) in [6.45, 7) is 6.42. The van der Waals surface area contributed by atoms with E-state index >= 15 is 0 Å². The fourth-order valence-corrected chi connectivity index (χ4v) is 3.45. The molecule has 1 atom stereocenters. The lowest BCUT2D eigenvalue weighted by molar-refractivity contribution is -0.145. The van der Waals surface area contributed by atoms with E-state index in [1.807, 2.05) is 44.2 Å². The highest BCUT2D eigenvalue weighted by Gasteiger charge is 2.27. The molecule has 0 saturated heterocycles. The van der Waals surface area contributed by atoms with Crippen LogP contribution in [0.4, 0.5) is 0 Å². The van der Waals surface area contributed by atoms with E-state index in [0.29, 0.717) is 16.7 Å². The molecule has 1 amide bonds. The summed E-state index contributed by atoms with van der Waals surface area (Å²) in [5.74, 6) is -0.815. The van der Waals surface area contributed by atoms with Gasteiger partial charge in [-0.1, -0.05) is 51.1 Å². The van der Waals surface area contributed by atoms with Crippen LogP contribution in [0.5, 0.6) is 0 Å². The Morgan fingerprint density at radius 3 is 2.42 bits per heavy atom. The van der Waals surface area contributed by atoms with Crippen LogP contribution < -0.4 is 0 Å². The Labute approximate surface area is 162 Å². The van der Waals surface area contributed by atoms with E-state index in [0.717, 1.165) is 11.3 Å². The quantitative estimate of drug-likeness (QED) is 0.690. The molecule has 0 aliphatic heterocycles. The predicted molar refractivity (Wildman–Crippen MR) is 103 cm³/mol. The standard InChI is InChI=1S/C19H24BrN3O3/c1-12(2)16-15(20)17(22-21-16)18(24)23(10-13(3)19(25)26-4)11-14-8-6-5-7-9-14/h5-9,12-13H,10-11H2,1-4H3,(H,21,22). The first-order valence-electron chi connectivity index (χ1n) is 8.49. The fraction of sp³-hybridized carbons (Fsp3) is 0.421. The number of carbonyl (C=O) groups is 2. The highest BCUT2D eigenvalue weighted by atomic mass is 79.9. The minimum absolute atomic E-state index is 0.204. The van der Waals surface area contributed by atoms with E-state index < -0.39 is 5.92 Å². The number of methoxy groups -OCH3 is 1. The van der Waals surface area contributed by atoms with Crippen LogP contribution in [0.15, 0.2) is 34.8 Å². The molecule has 0 spiro atoms. The number of benzene rings is 1. The number of ether oxygens (including phenoxy) is 1. The number of carbonyl (C=O) groups excluding carboxylic acids is 2. The molecule has 140 valence electrons. The van der Waals surface area contributed by atoms with Gasteiger partial charge in [0, 0.05) is 13.1 Å². The molecule has 7 heteroatoms. The van der Waals surface area contributed by atoms with Crippen molar-refractivity contribution in [2.24, 2.45) is 5.92 Å². The van der Waals surface area contributed by atoms with Crippen LogP contribution in [0.3, 0.4) is 0 Å². The number of H-pyrrole nitrogens is 1. The average molecular weight is 422 g/mol. The molecule has 26 heavy (non-hydrogen) atoms. The lowest BCUT2D eigenvalue weighted by atomic mass is 10.1. The molecular weight excluding hydrogens is 398 g/mol. The first kappa shape index (κ1) is 20.2. The molecule has 2 aromatic rings. The first-order chi connectivity index (χ1) is 12.3. The van der Waals surface area contributed by atoms with Crippen molar-refractivity contribution in [1.82, 2.24) is 15.1 Å². The van der Waals surface area contributed by atoms with Gasteiger partial charge in [-0.2, -0.15) is 5.10 Å². The predicted octanol–water partition coefficient (Wildman–Crippen LogP) is 3.75. The largest absolute Gasteiger partial charge is 0.469 e. The second-order valence-corrected chi connectivity index (χ2v) is 7.34. The summed E-state index contributed by atoms with van der Waals surface area (Å²) in [6, 6.07) is 9.66. The zero-order valence-electron chi connectivity index (χ0n) is 15.5. The lowest BCUT2D eigenvalue weighted by Gasteiger charge is -2.24. The number of rotatable bonds is 7. The van der Waals surface area contributed by atoms with E-state index in [4.69, 9.17) is 4.74 Å². The van der Waals surface area contributed by atoms with Gasteiger partial charge in [-0.25, -0.2) is 0 Å². The smallest absolute Gasteiger partial charge is 0.310 e. The van der Waals surface area contributed by atoms with Crippen LogP contribution in [0.1, 0.15) is 48.4 Å². The van der Waals surface area contributed by atoms with Crippen LogP contribution in [0.25, 0.3) is 0 Å². The average Bonchev–Trinajstić information content (AvgIpc) is 3.02. The molecule has 0 aliphatic carbocycles. The molecular formula is C19H24BrN3O3. The van der Waals surface area contributed by atoms with Crippen molar-refractivity contribution in [2.45, 2.75) is 33.2 Å². The van der Waals surface area contributed by atoms with Gasteiger partial charge in [0.25, 0.3) is 5.91 Å². The van der Waals surface area contributed by atoms with E-state index in [1.54, 1.807) is 11.8 Å². The lowest BCUT2D eigenvalue weighted by Crippen LogP contribution is -2.37. The second-order valence-electron chi connectivity index (χ2n) is 6.55. The Hall–Kier alpha value is -2.15. The fourth-order valence-electron chi connectivity index (χ4n) is 2.65. The highest BCUT2D eigenvalue weighted by Crippen LogP contribution is 2.27. The van der Waals surface area contributed by atoms with Gasteiger partial charge in [-0.15, -0.1) is 0 Å². The van der Waals surface area contributed by atoms with Crippen LogP contribution in [0, 0.1) is 5.92 Å². The number of nitrogens with zero attached hydrogens (tertiary/aromatic N) is 2. The summed E-state index contributed by atoms with van der Waals surface area (Å²) in [6.07, 6.45) is 0. The van der Waals surface area contributed by atoms with Gasteiger partial charge in [-0.3, -0.25) is 14.7 Å². The van der Waals surface area contributed by atoms with Crippen molar-refractivity contribution >= 4 is 27.8 Å². The van der Waals surface area contributed by atoms with Crippen LogP contribution >= 0.6 is 15.9 Å². The number of halogens is 1. The summed E-state index contributed by atoms with van der Waals surface area (Å²) in [7, 11) is 1.35. The molecule has 1 unspecified atom stereocenters. The minimum Gasteiger partial charge on any atom is -0.469 e. The van der Waals surface area contributed by atoms with Crippen molar-refractivity contribution in [3.05, 3.63) is 51.8 Å². The van der Waals surface area contributed by atoms with E-state index in [-0.39, 0.29) is 24.3 Å². The molecule has 1 heterocycles. The second kappa shape index (κ2) is 8.98. The zero-order chi connectivity index (χ0) is 19.3. The molecule has 1 N–H and O–H groups in total. The van der Waals surface area contributed by atoms with Gasteiger partial charge >= 0.3 is 5.97 Å². The Bertz CT molecular complexity index is 759. The summed E-state index contributed by atoms with van der Waals surface area (Å²) in [5.41, 5.74) is 2.17. The molecule has 0 aliphatic rings. The Balaban J connectivity index is 2.29. The first-order valence-corrected chi connectivity index (χ1v) is 9.29.